The molecular formula is C29H18N2S. The van der Waals surface area contributed by atoms with Crippen LogP contribution in [0, 0.1) is 0 Å². The van der Waals surface area contributed by atoms with Crippen LogP contribution < -0.4 is 0 Å². The van der Waals surface area contributed by atoms with E-state index in [1.165, 1.54) is 53.1 Å². The third-order valence-electron chi connectivity index (χ3n) is 6.26. The minimum absolute atomic E-state index is 0.942. The van der Waals surface area contributed by atoms with E-state index < -0.39 is 0 Å². The number of fused-ring (bicyclic) bond motifs is 6. The number of pyridine rings is 1. The number of para-hydroxylation sites is 1. The Kier molecular flexibility index (Phi) is 3.75. The zero-order valence-electron chi connectivity index (χ0n) is 17.2. The van der Waals surface area contributed by atoms with E-state index in [1.807, 2.05) is 29.7 Å². The number of hydrogen-bond acceptors (Lipinski definition) is 2. The standard InChI is InChI=1S/C29H18N2S/c1-3-9-25-21(7-1)23-17-19(12-14-26(23)31(25)29-11-5-6-16-30-29)20-13-15-28-24(18-20)22-8-2-4-10-27(22)32-28/h1-18H. The first-order valence-electron chi connectivity index (χ1n) is 10.7. The summed E-state index contributed by atoms with van der Waals surface area (Å²) in [5.41, 5.74) is 4.84. The zero-order valence-corrected chi connectivity index (χ0v) is 18.0. The van der Waals surface area contributed by atoms with Gasteiger partial charge in [0.1, 0.15) is 5.82 Å². The Morgan fingerprint density at radius 3 is 2.09 bits per heavy atom. The van der Waals surface area contributed by atoms with Crippen LogP contribution in [-0.2, 0) is 0 Å². The topological polar surface area (TPSA) is 17.8 Å². The summed E-state index contributed by atoms with van der Waals surface area (Å²) >= 11 is 1.86. The third kappa shape index (κ3) is 2.55. The summed E-state index contributed by atoms with van der Waals surface area (Å²) in [6.07, 6.45) is 1.85. The first kappa shape index (κ1) is 17.7. The van der Waals surface area contributed by atoms with Gasteiger partial charge in [-0.2, -0.15) is 0 Å². The molecule has 0 aliphatic carbocycles. The Bertz CT molecular complexity index is 1770. The van der Waals surface area contributed by atoms with Crippen LogP contribution in [0.5, 0.6) is 0 Å². The van der Waals surface area contributed by atoms with Crippen molar-refractivity contribution in [2.24, 2.45) is 0 Å². The molecule has 0 radical (unpaired) electrons. The van der Waals surface area contributed by atoms with Crippen LogP contribution in [-0.4, -0.2) is 9.55 Å². The second-order valence-electron chi connectivity index (χ2n) is 8.08. The lowest BCUT2D eigenvalue weighted by molar-refractivity contribution is 1.08. The molecule has 0 aliphatic rings. The van der Waals surface area contributed by atoms with Gasteiger partial charge in [0.2, 0.25) is 0 Å². The smallest absolute Gasteiger partial charge is 0.137 e. The zero-order chi connectivity index (χ0) is 21.1. The average Bonchev–Trinajstić information content (AvgIpc) is 3.39. The molecule has 0 atom stereocenters. The third-order valence-corrected chi connectivity index (χ3v) is 7.41. The van der Waals surface area contributed by atoms with E-state index in [1.54, 1.807) is 0 Å². The van der Waals surface area contributed by atoms with Crippen molar-refractivity contribution in [3.05, 3.63) is 109 Å². The fraction of sp³-hybridized carbons (Fsp3) is 0. The second-order valence-corrected chi connectivity index (χ2v) is 9.17. The molecule has 0 saturated carbocycles. The molecule has 0 N–H and O–H groups in total. The Morgan fingerprint density at radius 1 is 0.531 bits per heavy atom. The summed E-state index contributed by atoms with van der Waals surface area (Å²) in [5.74, 6) is 0.942. The summed E-state index contributed by atoms with van der Waals surface area (Å²) in [7, 11) is 0. The van der Waals surface area contributed by atoms with E-state index >= 15 is 0 Å². The number of nitrogens with zero attached hydrogens (tertiary/aromatic N) is 2. The molecule has 7 aromatic rings. The molecule has 3 heterocycles. The lowest BCUT2D eigenvalue weighted by Crippen LogP contribution is -1.95. The molecule has 0 fully saturated rings. The Balaban J connectivity index is 1.49. The molecule has 3 heteroatoms. The van der Waals surface area contributed by atoms with E-state index in [9.17, 15) is 0 Å². The summed E-state index contributed by atoms with van der Waals surface area (Å²) in [4.78, 5) is 4.62. The summed E-state index contributed by atoms with van der Waals surface area (Å²) in [6.45, 7) is 0. The van der Waals surface area contributed by atoms with Gasteiger partial charge in [-0.25, -0.2) is 4.98 Å². The van der Waals surface area contributed by atoms with Gasteiger partial charge in [-0.3, -0.25) is 4.57 Å². The average molecular weight is 427 g/mol. The fourth-order valence-corrected chi connectivity index (χ4v) is 5.88. The quantitative estimate of drug-likeness (QED) is 0.272. The van der Waals surface area contributed by atoms with Crippen molar-refractivity contribution >= 4 is 53.3 Å². The highest BCUT2D eigenvalue weighted by molar-refractivity contribution is 7.25. The number of aromatic nitrogens is 2. The van der Waals surface area contributed by atoms with Crippen LogP contribution in [0.3, 0.4) is 0 Å². The molecule has 3 aromatic heterocycles. The number of thiophene rings is 1. The Hall–Kier alpha value is -3.95. The fourth-order valence-electron chi connectivity index (χ4n) is 4.79. The minimum Gasteiger partial charge on any atom is -0.294 e. The molecule has 32 heavy (non-hydrogen) atoms. The maximum absolute atomic E-state index is 4.62. The van der Waals surface area contributed by atoms with Crippen molar-refractivity contribution in [3.63, 3.8) is 0 Å². The Labute approximate surface area is 189 Å². The molecule has 4 aromatic carbocycles. The van der Waals surface area contributed by atoms with E-state index in [-0.39, 0.29) is 0 Å². The summed E-state index contributed by atoms with van der Waals surface area (Å²) in [5, 5.41) is 5.16. The highest BCUT2D eigenvalue weighted by Crippen LogP contribution is 2.38. The molecule has 0 unspecified atom stereocenters. The maximum Gasteiger partial charge on any atom is 0.137 e. The predicted molar refractivity (Wildman–Crippen MR) is 137 cm³/mol. The number of rotatable bonds is 2. The van der Waals surface area contributed by atoms with Crippen molar-refractivity contribution in [2.45, 2.75) is 0 Å². The van der Waals surface area contributed by atoms with Gasteiger partial charge in [0, 0.05) is 37.1 Å². The molecule has 0 saturated heterocycles. The first-order valence-corrected chi connectivity index (χ1v) is 11.5. The Morgan fingerprint density at radius 2 is 1.22 bits per heavy atom. The van der Waals surface area contributed by atoms with Crippen LogP contribution >= 0.6 is 11.3 Å². The number of benzene rings is 4. The second kappa shape index (κ2) is 6.78. The lowest BCUT2D eigenvalue weighted by atomic mass is 10.0. The molecule has 0 aliphatic heterocycles. The first-order chi connectivity index (χ1) is 15.9. The SMILES string of the molecule is c1ccc(-n2c3ccccc3c3cc(-c4ccc5sc6ccccc6c5c4)ccc32)nc1. The highest BCUT2D eigenvalue weighted by Gasteiger charge is 2.14. The molecule has 0 spiro atoms. The monoisotopic (exact) mass is 426 g/mol. The maximum atomic E-state index is 4.62. The van der Waals surface area contributed by atoms with Crippen molar-refractivity contribution in [2.75, 3.05) is 0 Å². The van der Waals surface area contributed by atoms with Gasteiger partial charge >= 0.3 is 0 Å². The minimum atomic E-state index is 0.942. The lowest BCUT2D eigenvalue weighted by Gasteiger charge is -2.07. The van der Waals surface area contributed by atoms with Gasteiger partial charge in [-0.15, -0.1) is 11.3 Å². The van der Waals surface area contributed by atoms with Gasteiger partial charge in [0.15, 0.2) is 0 Å². The van der Waals surface area contributed by atoms with Crippen LogP contribution in [0.15, 0.2) is 109 Å². The predicted octanol–water partition coefficient (Wildman–Crippen LogP) is 8.21. The van der Waals surface area contributed by atoms with Crippen LogP contribution in [0.1, 0.15) is 0 Å². The van der Waals surface area contributed by atoms with Crippen LogP contribution in [0.2, 0.25) is 0 Å². The van der Waals surface area contributed by atoms with Crippen molar-refractivity contribution in [1.29, 1.82) is 0 Å². The van der Waals surface area contributed by atoms with Gasteiger partial charge < -0.3 is 0 Å². The molecule has 0 bridgehead atoms. The van der Waals surface area contributed by atoms with Crippen LogP contribution in [0.4, 0.5) is 0 Å². The van der Waals surface area contributed by atoms with Gasteiger partial charge in [0.25, 0.3) is 0 Å². The van der Waals surface area contributed by atoms with Gasteiger partial charge in [-0.1, -0.05) is 54.6 Å². The van der Waals surface area contributed by atoms with Crippen LogP contribution in [0.25, 0.3) is 58.9 Å². The van der Waals surface area contributed by atoms with E-state index in [0.717, 1.165) is 5.82 Å². The summed E-state index contributed by atoms with van der Waals surface area (Å²) in [6, 6.07) is 37.0. The van der Waals surface area contributed by atoms with Gasteiger partial charge in [-0.05, 0) is 59.7 Å². The van der Waals surface area contributed by atoms with Crippen molar-refractivity contribution in [1.82, 2.24) is 9.55 Å². The summed E-state index contributed by atoms with van der Waals surface area (Å²) < 4.78 is 4.93. The number of hydrogen-bond donors (Lipinski definition) is 0. The van der Waals surface area contributed by atoms with Crippen molar-refractivity contribution < 1.29 is 0 Å². The highest BCUT2D eigenvalue weighted by atomic mass is 32.1. The van der Waals surface area contributed by atoms with Gasteiger partial charge in [0.05, 0.1) is 11.0 Å². The largest absolute Gasteiger partial charge is 0.294 e. The van der Waals surface area contributed by atoms with E-state index in [0.29, 0.717) is 0 Å². The van der Waals surface area contributed by atoms with E-state index in [4.69, 9.17) is 0 Å². The molecule has 0 amide bonds. The van der Waals surface area contributed by atoms with Crippen molar-refractivity contribution in [3.8, 4) is 16.9 Å². The molecule has 2 nitrogen and oxygen atoms in total. The molecule has 150 valence electrons. The van der Waals surface area contributed by atoms with E-state index in [2.05, 4.69) is 101 Å². The molecular weight excluding hydrogens is 408 g/mol. The normalized spacial score (nSPS) is 11.8. The molecule has 7 rings (SSSR count).